The Labute approximate surface area is 441 Å². The van der Waals surface area contributed by atoms with Crippen LogP contribution in [0.2, 0.25) is 0 Å². The number of likely N-dealkylation sites (N-methyl/N-ethyl adjacent to an activating group) is 1. The molecule has 0 aliphatic carbocycles. The number of phosphoric acid groups is 1. The molecule has 0 aliphatic rings. The van der Waals surface area contributed by atoms with Crippen molar-refractivity contribution in [3.8, 4) is 0 Å². The van der Waals surface area contributed by atoms with E-state index in [4.69, 9.17) is 9.05 Å². The summed E-state index contributed by atoms with van der Waals surface area (Å²) in [6, 6.07) is -0.909. The first kappa shape index (κ1) is 69.5. The molecule has 0 aromatic rings. The summed E-state index contributed by atoms with van der Waals surface area (Å²) in [6.07, 6.45) is 70.7. The molecule has 71 heavy (non-hydrogen) atoms. The van der Waals surface area contributed by atoms with Gasteiger partial charge in [-0.2, -0.15) is 0 Å². The third-order valence-electron chi connectivity index (χ3n) is 13.8. The number of aliphatic hydroxyl groups is 1. The summed E-state index contributed by atoms with van der Waals surface area (Å²) in [5, 5.41) is 13.9. The molecule has 0 aromatic carbocycles. The summed E-state index contributed by atoms with van der Waals surface area (Å²) in [4.78, 5) is 25.5. The van der Waals surface area contributed by atoms with Gasteiger partial charge in [0.15, 0.2) is 0 Å². The highest BCUT2D eigenvalue weighted by atomic mass is 31.2. The van der Waals surface area contributed by atoms with Crippen molar-refractivity contribution in [2.24, 2.45) is 0 Å². The lowest BCUT2D eigenvalue weighted by atomic mass is 10.0. The van der Waals surface area contributed by atoms with Crippen LogP contribution in [-0.4, -0.2) is 68.5 Å². The molecule has 0 heterocycles. The molecule has 9 heteroatoms. The summed E-state index contributed by atoms with van der Waals surface area (Å²) in [7, 11) is 1.24. The van der Waals surface area contributed by atoms with Gasteiger partial charge in [0, 0.05) is 6.42 Å². The van der Waals surface area contributed by atoms with Crippen LogP contribution in [0.15, 0.2) is 48.6 Å². The summed E-state index contributed by atoms with van der Waals surface area (Å²) >= 11 is 0. The van der Waals surface area contributed by atoms with Gasteiger partial charge in [0.1, 0.15) is 13.2 Å². The number of nitrogens with one attached hydrogen (secondary N) is 1. The van der Waals surface area contributed by atoms with Gasteiger partial charge in [-0.25, -0.2) is 0 Å². The molecular formula is C62H119N2O6P. The number of amides is 1. The standard InChI is InChI=1S/C62H119N2O6P/c1-6-8-10-12-14-16-18-20-22-24-25-26-27-28-29-30-31-32-33-34-35-36-37-38-40-41-43-45-47-49-51-53-55-61(65)60(59-70-71(67,68)69-58-57-64(3,4)5)63-62(66)56-54-52-50-48-46-44-42-39-23-21-19-17-15-13-11-9-7-2/h15,17,21,23,45,47,53,55,60-61,65H,6-14,16,18-20,22,24-44,46,48-52,54,56-59H2,1-5H3,(H-,63,66,67,68)/b17-15-,23-21-,47-45+,55-53+. The van der Waals surface area contributed by atoms with E-state index in [2.05, 4.69) is 55.6 Å². The smallest absolute Gasteiger partial charge is 0.268 e. The summed E-state index contributed by atoms with van der Waals surface area (Å²) in [6.45, 7) is 4.62. The van der Waals surface area contributed by atoms with Gasteiger partial charge in [0.25, 0.3) is 7.82 Å². The normalized spacial score (nSPS) is 14.2. The third-order valence-corrected chi connectivity index (χ3v) is 14.7. The number of aliphatic hydroxyl groups excluding tert-OH is 1. The number of hydrogen-bond donors (Lipinski definition) is 2. The first-order valence-electron chi connectivity index (χ1n) is 30.5. The number of allylic oxidation sites excluding steroid dienone is 7. The fourth-order valence-corrected chi connectivity index (χ4v) is 9.69. The van der Waals surface area contributed by atoms with E-state index in [0.29, 0.717) is 17.4 Å². The van der Waals surface area contributed by atoms with Gasteiger partial charge in [-0.15, -0.1) is 0 Å². The quantitative estimate of drug-likeness (QED) is 0.0272. The Kier molecular flexibility index (Phi) is 52.1. The number of rotatable bonds is 56. The monoisotopic (exact) mass is 1020 g/mol. The van der Waals surface area contributed by atoms with E-state index in [9.17, 15) is 19.4 Å². The van der Waals surface area contributed by atoms with E-state index < -0.39 is 26.6 Å². The molecule has 0 radical (unpaired) electrons. The molecule has 0 saturated carbocycles. The zero-order valence-electron chi connectivity index (χ0n) is 47.7. The Morgan fingerprint density at radius 1 is 0.493 bits per heavy atom. The lowest BCUT2D eigenvalue weighted by Gasteiger charge is -2.29. The number of phosphoric ester groups is 1. The van der Waals surface area contributed by atoms with Crippen molar-refractivity contribution in [3.05, 3.63) is 48.6 Å². The van der Waals surface area contributed by atoms with Crippen LogP contribution in [0.3, 0.4) is 0 Å². The number of unbranched alkanes of at least 4 members (excludes halogenated alkanes) is 37. The summed E-state index contributed by atoms with van der Waals surface area (Å²) in [5.74, 6) is -0.214. The molecule has 0 saturated heterocycles. The van der Waals surface area contributed by atoms with Crippen LogP contribution in [0.1, 0.15) is 290 Å². The second kappa shape index (κ2) is 53.3. The summed E-state index contributed by atoms with van der Waals surface area (Å²) in [5.41, 5.74) is 0. The number of hydrogen-bond acceptors (Lipinski definition) is 6. The van der Waals surface area contributed by atoms with Gasteiger partial charge < -0.3 is 28.8 Å². The first-order chi connectivity index (χ1) is 34.5. The van der Waals surface area contributed by atoms with Gasteiger partial charge in [0.2, 0.25) is 5.91 Å². The molecule has 0 bridgehead atoms. The lowest BCUT2D eigenvalue weighted by Crippen LogP contribution is -2.45. The molecule has 0 aromatic heterocycles. The van der Waals surface area contributed by atoms with Gasteiger partial charge in [-0.1, -0.05) is 268 Å². The Morgan fingerprint density at radius 3 is 1.25 bits per heavy atom. The molecule has 3 atom stereocenters. The van der Waals surface area contributed by atoms with Crippen LogP contribution in [-0.2, 0) is 18.4 Å². The lowest BCUT2D eigenvalue weighted by molar-refractivity contribution is -0.870. The van der Waals surface area contributed by atoms with Crippen molar-refractivity contribution >= 4 is 13.7 Å². The highest BCUT2D eigenvalue weighted by Gasteiger charge is 2.23. The van der Waals surface area contributed by atoms with Crippen molar-refractivity contribution < 1.29 is 32.9 Å². The second-order valence-electron chi connectivity index (χ2n) is 22.0. The number of nitrogens with zero attached hydrogens (tertiary/aromatic N) is 1. The average Bonchev–Trinajstić information content (AvgIpc) is 3.33. The Hall–Kier alpha value is -1.54. The topological polar surface area (TPSA) is 108 Å². The van der Waals surface area contributed by atoms with Crippen molar-refractivity contribution in [2.75, 3.05) is 40.9 Å². The van der Waals surface area contributed by atoms with Crippen LogP contribution >= 0.6 is 7.82 Å². The van der Waals surface area contributed by atoms with E-state index in [-0.39, 0.29) is 12.5 Å². The highest BCUT2D eigenvalue weighted by Crippen LogP contribution is 2.38. The van der Waals surface area contributed by atoms with Crippen LogP contribution in [0, 0.1) is 0 Å². The molecule has 3 unspecified atom stereocenters. The summed E-state index contributed by atoms with van der Waals surface area (Å²) < 4.78 is 23.3. The maximum atomic E-state index is 12.9. The predicted molar refractivity (Wildman–Crippen MR) is 307 cm³/mol. The number of quaternary nitrogens is 1. The zero-order valence-corrected chi connectivity index (χ0v) is 48.6. The van der Waals surface area contributed by atoms with E-state index in [1.165, 1.54) is 212 Å². The van der Waals surface area contributed by atoms with E-state index >= 15 is 0 Å². The minimum Gasteiger partial charge on any atom is -0.756 e. The highest BCUT2D eigenvalue weighted by molar-refractivity contribution is 7.45. The third kappa shape index (κ3) is 56.0. The predicted octanol–water partition coefficient (Wildman–Crippen LogP) is 18.1. The molecule has 0 aliphatic heterocycles. The average molecular weight is 1020 g/mol. The molecule has 418 valence electrons. The molecule has 0 spiro atoms. The van der Waals surface area contributed by atoms with Crippen molar-refractivity contribution in [1.29, 1.82) is 0 Å². The van der Waals surface area contributed by atoms with Crippen molar-refractivity contribution in [1.82, 2.24) is 5.32 Å². The minimum absolute atomic E-state index is 0.00878. The van der Waals surface area contributed by atoms with Crippen LogP contribution in [0.5, 0.6) is 0 Å². The van der Waals surface area contributed by atoms with E-state index in [0.717, 1.165) is 57.8 Å². The SMILES string of the molecule is CCCCC/C=C\C/C=C\CCCCCCCCCC(=O)NC(COP(=O)([O-])OCC[N+](C)(C)C)C(O)/C=C/CC/C=C/CCCCCCCCCCCCCCCCCCCCCCCCCCCC. The fraction of sp³-hybridized carbons (Fsp3) is 0.855. The largest absolute Gasteiger partial charge is 0.756 e. The van der Waals surface area contributed by atoms with Crippen LogP contribution < -0.4 is 10.2 Å². The molecule has 2 N–H and O–H groups in total. The number of carbonyl (C=O) groups excluding carboxylic acids is 1. The van der Waals surface area contributed by atoms with Crippen molar-refractivity contribution in [3.63, 3.8) is 0 Å². The maximum absolute atomic E-state index is 12.9. The van der Waals surface area contributed by atoms with E-state index in [1.807, 2.05) is 27.2 Å². The Balaban J connectivity index is 4.14. The fourth-order valence-electron chi connectivity index (χ4n) is 8.97. The molecule has 8 nitrogen and oxygen atoms in total. The van der Waals surface area contributed by atoms with E-state index in [1.54, 1.807) is 6.08 Å². The van der Waals surface area contributed by atoms with Gasteiger partial charge in [0.05, 0.1) is 39.9 Å². The van der Waals surface area contributed by atoms with Crippen LogP contribution in [0.25, 0.3) is 0 Å². The van der Waals surface area contributed by atoms with Gasteiger partial charge in [-0.05, 0) is 64.2 Å². The molecular weight excluding hydrogens is 900 g/mol. The van der Waals surface area contributed by atoms with Crippen molar-refractivity contribution in [2.45, 2.75) is 302 Å². The Bertz CT molecular complexity index is 1290. The second-order valence-corrected chi connectivity index (χ2v) is 23.5. The molecule has 0 fully saturated rings. The number of carbonyl (C=O) groups is 1. The maximum Gasteiger partial charge on any atom is 0.268 e. The van der Waals surface area contributed by atoms with Gasteiger partial charge in [-0.3, -0.25) is 9.36 Å². The van der Waals surface area contributed by atoms with Gasteiger partial charge >= 0.3 is 0 Å². The zero-order chi connectivity index (χ0) is 52.0. The van der Waals surface area contributed by atoms with Crippen LogP contribution in [0.4, 0.5) is 0 Å². The molecule has 1 amide bonds. The first-order valence-corrected chi connectivity index (χ1v) is 32.0. The minimum atomic E-state index is -4.61. The Morgan fingerprint density at radius 2 is 0.831 bits per heavy atom. The molecule has 0 rings (SSSR count).